The van der Waals surface area contributed by atoms with E-state index < -0.39 is 23.6 Å². The minimum Gasteiger partial charge on any atom is -0.444 e. The molecule has 4 atom stereocenters. The van der Waals surface area contributed by atoms with E-state index in [-0.39, 0.29) is 47.2 Å². The average molecular weight is 676 g/mol. The second kappa shape index (κ2) is 13.9. The molecule has 0 bridgehead atoms. The van der Waals surface area contributed by atoms with E-state index >= 15 is 0 Å². The number of nitrogens with zero attached hydrogens (tertiary/aromatic N) is 5. The molecule has 2 aliphatic heterocycles. The van der Waals surface area contributed by atoms with Gasteiger partial charge in [0.2, 0.25) is 5.91 Å². The predicted molar refractivity (Wildman–Crippen MR) is 186 cm³/mol. The Hall–Kier alpha value is -4.28. The smallest absolute Gasteiger partial charge is 0.411 e. The zero-order chi connectivity index (χ0) is 35.9. The fourth-order valence-corrected chi connectivity index (χ4v) is 7.64. The molecule has 2 fully saturated rings. The van der Waals surface area contributed by atoms with Crippen LogP contribution in [0.2, 0.25) is 0 Å². The zero-order valence-corrected chi connectivity index (χ0v) is 30.2. The number of carbonyl (C=O) groups is 4. The van der Waals surface area contributed by atoms with E-state index in [1.54, 1.807) is 34.3 Å². The summed E-state index contributed by atoms with van der Waals surface area (Å²) in [6, 6.07) is 4.95. The Morgan fingerprint density at radius 3 is 2.41 bits per heavy atom. The second-order valence-corrected chi connectivity index (χ2v) is 14.8. The molecule has 4 heterocycles. The number of amides is 3. The van der Waals surface area contributed by atoms with Gasteiger partial charge in [0.1, 0.15) is 17.5 Å². The van der Waals surface area contributed by atoms with Crippen LogP contribution in [0.3, 0.4) is 0 Å². The monoisotopic (exact) mass is 675 g/mol. The first-order chi connectivity index (χ1) is 23.0. The highest BCUT2D eigenvalue weighted by Crippen LogP contribution is 2.36. The molecule has 11 heteroatoms. The Bertz CT molecular complexity index is 1760. The van der Waals surface area contributed by atoms with Crippen LogP contribution < -0.4 is 0 Å². The Balaban J connectivity index is 1.43. The van der Waals surface area contributed by atoms with Crippen LogP contribution in [0.1, 0.15) is 107 Å². The highest BCUT2D eigenvalue weighted by atomic mass is 19.1. The van der Waals surface area contributed by atoms with Gasteiger partial charge in [0, 0.05) is 60.0 Å². The van der Waals surface area contributed by atoms with Crippen molar-refractivity contribution in [3.8, 4) is 5.69 Å². The number of aromatic nitrogens is 2. The second-order valence-electron chi connectivity index (χ2n) is 14.8. The van der Waals surface area contributed by atoms with E-state index in [1.165, 1.54) is 12.1 Å². The number of ketones is 1. The lowest BCUT2D eigenvalue weighted by Crippen LogP contribution is -2.55. The normalized spacial score (nSPS) is 21.4. The Morgan fingerprint density at radius 1 is 1.06 bits per heavy atom. The number of carbonyl (C=O) groups excluding carboxylic acids is 4. The summed E-state index contributed by atoms with van der Waals surface area (Å²) in [6.07, 6.45) is 5.05. The summed E-state index contributed by atoms with van der Waals surface area (Å²) in [5, 5.41) is 0.704. The molecule has 0 saturated carbocycles. The van der Waals surface area contributed by atoms with Gasteiger partial charge in [-0.3, -0.25) is 24.3 Å². The number of piperidine rings is 1. The lowest BCUT2D eigenvalue weighted by molar-refractivity contribution is -0.140. The summed E-state index contributed by atoms with van der Waals surface area (Å²) in [5.41, 5.74) is 1.84. The molecule has 2 aromatic heterocycles. The van der Waals surface area contributed by atoms with Gasteiger partial charge in [-0.2, -0.15) is 0 Å². The Labute approximate surface area is 288 Å². The van der Waals surface area contributed by atoms with E-state index in [9.17, 15) is 23.6 Å². The van der Waals surface area contributed by atoms with Crippen LogP contribution in [0.15, 0.2) is 36.7 Å². The predicted octanol–water partition coefficient (Wildman–Crippen LogP) is 6.94. The van der Waals surface area contributed by atoms with Crippen molar-refractivity contribution in [1.82, 2.24) is 24.3 Å². The van der Waals surface area contributed by atoms with Crippen molar-refractivity contribution < 1.29 is 28.3 Å². The van der Waals surface area contributed by atoms with Gasteiger partial charge in [-0.15, -0.1) is 0 Å². The molecular weight excluding hydrogens is 625 g/mol. The fourth-order valence-electron chi connectivity index (χ4n) is 7.64. The topological polar surface area (TPSA) is 105 Å². The molecule has 0 radical (unpaired) electrons. The molecule has 0 N–H and O–H groups in total. The molecule has 2 saturated heterocycles. The van der Waals surface area contributed by atoms with Crippen LogP contribution >= 0.6 is 0 Å². The molecule has 0 spiro atoms. The lowest BCUT2D eigenvalue weighted by atomic mass is 9.84. The van der Waals surface area contributed by atoms with Gasteiger partial charge in [-0.1, -0.05) is 0 Å². The molecular formula is C38H50FN5O5. The Kier molecular flexibility index (Phi) is 10.2. The summed E-state index contributed by atoms with van der Waals surface area (Å²) in [7, 11) is 0. The van der Waals surface area contributed by atoms with Crippen molar-refractivity contribution in [2.75, 3.05) is 13.1 Å². The van der Waals surface area contributed by atoms with Gasteiger partial charge in [0.05, 0.1) is 23.0 Å². The first kappa shape index (κ1) is 36.0. The summed E-state index contributed by atoms with van der Waals surface area (Å²) in [5.74, 6) is -1.31. The van der Waals surface area contributed by atoms with Crippen molar-refractivity contribution >= 4 is 34.6 Å². The summed E-state index contributed by atoms with van der Waals surface area (Å²) >= 11 is 0. The quantitative estimate of drug-likeness (QED) is 0.251. The number of ether oxygens (including phenoxy) is 1. The SMILES string of the molecule is CCN(C(=O)c1cc(F)ccc1-n1c(C)c(C(=O)[C@@H]2CCN(C(=O)[C@@H]3CC[C@@H](C)N3C(=O)OC(C)(C)C)[C@@H](C)C2)c2ccncc21)C(C)C. The number of halogens is 1. The van der Waals surface area contributed by atoms with Gasteiger partial charge in [0.25, 0.3) is 5.91 Å². The van der Waals surface area contributed by atoms with Gasteiger partial charge < -0.3 is 19.1 Å². The van der Waals surface area contributed by atoms with Crippen molar-refractivity contribution in [2.24, 2.45) is 5.92 Å². The zero-order valence-electron chi connectivity index (χ0n) is 30.2. The number of hydrogen-bond acceptors (Lipinski definition) is 6. The third kappa shape index (κ3) is 6.94. The number of benzene rings is 1. The molecule has 2 aliphatic rings. The van der Waals surface area contributed by atoms with Crippen molar-refractivity contribution in [1.29, 1.82) is 0 Å². The van der Waals surface area contributed by atoms with E-state index in [0.717, 1.165) is 0 Å². The maximum absolute atomic E-state index is 14.7. The fraction of sp³-hybridized carbons (Fsp3) is 0.553. The minimum absolute atomic E-state index is 0.0383. The van der Waals surface area contributed by atoms with Crippen molar-refractivity contribution in [3.63, 3.8) is 0 Å². The maximum atomic E-state index is 14.7. The Morgan fingerprint density at radius 2 is 1.78 bits per heavy atom. The van der Waals surface area contributed by atoms with Gasteiger partial charge >= 0.3 is 6.09 Å². The van der Waals surface area contributed by atoms with Crippen LogP contribution in [0, 0.1) is 18.7 Å². The third-order valence-electron chi connectivity index (χ3n) is 10.00. The maximum Gasteiger partial charge on any atom is 0.411 e. The molecule has 3 amide bonds. The van der Waals surface area contributed by atoms with Gasteiger partial charge in [-0.25, -0.2) is 9.18 Å². The van der Waals surface area contributed by atoms with Crippen LogP contribution in [-0.4, -0.2) is 90.8 Å². The summed E-state index contributed by atoms with van der Waals surface area (Å²) < 4.78 is 22.1. The van der Waals surface area contributed by atoms with Gasteiger partial charge in [0.15, 0.2) is 5.78 Å². The number of rotatable bonds is 7. The van der Waals surface area contributed by atoms with Crippen molar-refractivity contribution in [3.05, 3.63) is 59.3 Å². The minimum atomic E-state index is -0.673. The van der Waals surface area contributed by atoms with E-state index in [1.807, 2.05) is 71.8 Å². The number of fused-ring (bicyclic) bond motifs is 1. The molecule has 0 unspecified atom stereocenters. The first-order valence-corrected chi connectivity index (χ1v) is 17.5. The van der Waals surface area contributed by atoms with Crippen LogP contribution in [-0.2, 0) is 9.53 Å². The number of likely N-dealkylation sites (tertiary alicyclic amines) is 2. The van der Waals surface area contributed by atoms with E-state index in [0.29, 0.717) is 66.6 Å². The van der Waals surface area contributed by atoms with Crippen molar-refractivity contribution in [2.45, 2.75) is 118 Å². The van der Waals surface area contributed by atoms with Crippen LogP contribution in [0.4, 0.5) is 9.18 Å². The summed E-state index contributed by atoms with van der Waals surface area (Å²) in [4.78, 5) is 64.6. The standard InChI is InChI=1S/C38H50FN5O5/c1-10-41(22(2)3)35(46)29-20-27(39)12-14-30(29)44-25(6)33(28-15-17-40-21-32(28)44)34(45)26-16-18-42(24(5)19-26)36(47)31-13-11-23(4)43(31)37(48)49-38(7,8)9/h12,14-15,17,20-24,26,31H,10-11,13,16,18-19H2,1-9H3/t23-,24+,26-,31+/m1/s1. The first-order valence-electron chi connectivity index (χ1n) is 17.5. The van der Waals surface area contributed by atoms with Gasteiger partial charge in [-0.05, 0) is 112 Å². The highest BCUT2D eigenvalue weighted by molar-refractivity contribution is 6.11. The largest absolute Gasteiger partial charge is 0.444 e. The molecule has 0 aliphatic carbocycles. The number of hydrogen-bond donors (Lipinski definition) is 0. The molecule has 1 aromatic carbocycles. The average Bonchev–Trinajstić information content (AvgIpc) is 3.56. The molecule has 10 nitrogen and oxygen atoms in total. The van der Waals surface area contributed by atoms with Crippen LogP contribution in [0.5, 0.6) is 0 Å². The third-order valence-corrected chi connectivity index (χ3v) is 10.00. The summed E-state index contributed by atoms with van der Waals surface area (Å²) in [6.45, 7) is 17.8. The van der Waals surface area contributed by atoms with E-state index in [4.69, 9.17) is 4.74 Å². The molecule has 49 heavy (non-hydrogen) atoms. The van der Waals surface area contributed by atoms with Crippen LogP contribution in [0.25, 0.3) is 16.6 Å². The number of Topliss-reactive ketones (excluding diaryl/α,β-unsaturated/α-hetero) is 1. The molecule has 5 rings (SSSR count). The molecule has 264 valence electrons. The molecule has 3 aromatic rings. The lowest BCUT2D eigenvalue weighted by Gasteiger charge is -2.40. The van der Waals surface area contributed by atoms with E-state index in [2.05, 4.69) is 4.98 Å². The highest BCUT2D eigenvalue weighted by Gasteiger charge is 2.45. The number of pyridine rings is 1.